The highest BCUT2D eigenvalue weighted by atomic mass is 35.5. The van der Waals surface area contributed by atoms with E-state index < -0.39 is 51.3 Å². The van der Waals surface area contributed by atoms with E-state index in [0.29, 0.717) is 11.8 Å². The first kappa shape index (κ1) is 32.8. The summed E-state index contributed by atoms with van der Waals surface area (Å²) < 4.78 is 76.2. The lowest BCUT2D eigenvalue weighted by Gasteiger charge is -2.45. The van der Waals surface area contributed by atoms with Crippen LogP contribution >= 0.6 is 23.4 Å². The highest BCUT2D eigenvalue weighted by molar-refractivity contribution is 7.99. The van der Waals surface area contributed by atoms with Crippen LogP contribution in [0.1, 0.15) is 32.8 Å². The van der Waals surface area contributed by atoms with E-state index in [0.717, 1.165) is 43.4 Å². The molecule has 0 spiro atoms. The number of benzene rings is 2. The van der Waals surface area contributed by atoms with Crippen molar-refractivity contribution in [3.05, 3.63) is 63.6 Å². The van der Waals surface area contributed by atoms with Crippen molar-refractivity contribution in [2.45, 2.75) is 62.9 Å². The van der Waals surface area contributed by atoms with Crippen LogP contribution < -0.4 is 10.6 Å². The van der Waals surface area contributed by atoms with Gasteiger partial charge in [-0.3, -0.25) is 9.36 Å². The predicted octanol–water partition coefficient (Wildman–Crippen LogP) is 6.44. The van der Waals surface area contributed by atoms with Crippen molar-refractivity contribution in [1.82, 2.24) is 19.4 Å². The molecule has 2 aromatic carbocycles. The van der Waals surface area contributed by atoms with E-state index in [4.69, 9.17) is 11.6 Å². The number of carbonyl (C=O) groups excluding carboxylic acids is 1. The van der Waals surface area contributed by atoms with Crippen LogP contribution in [-0.2, 0) is 17.5 Å². The quantitative estimate of drug-likeness (QED) is 0.176. The summed E-state index contributed by atoms with van der Waals surface area (Å²) in [5.74, 6) is -2.24. The smallest absolute Gasteiger partial charge is 0.349 e. The van der Waals surface area contributed by atoms with Crippen LogP contribution in [0.4, 0.5) is 27.8 Å². The molecule has 46 heavy (non-hydrogen) atoms. The number of thioether (sulfide) groups is 1. The van der Waals surface area contributed by atoms with Gasteiger partial charge in [0, 0.05) is 76.9 Å². The van der Waals surface area contributed by atoms with Gasteiger partial charge in [-0.05, 0) is 51.6 Å². The first-order valence-corrected chi connectivity index (χ1v) is 16.5. The summed E-state index contributed by atoms with van der Waals surface area (Å²) in [5.41, 5.74) is -2.55. The average Bonchev–Trinajstić information content (AvgIpc) is 3.17. The Morgan fingerprint density at radius 2 is 1.87 bits per heavy atom. The Balaban J connectivity index is 1.64. The molecule has 0 aliphatic carbocycles. The number of amides is 1. The molecule has 3 aliphatic rings. The Morgan fingerprint density at radius 3 is 2.50 bits per heavy atom. The fourth-order valence-corrected chi connectivity index (χ4v) is 8.66. The largest absolute Gasteiger partial charge is 0.417 e. The maximum absolute atomic E-state index is 15.5. The minimum absolute atomic E-state index is 0.0649. The third-order valence-electron chi connectivity index (χ3n) is 9.49. The molecule has 246 valence electrons. The zero-order chi connectivity index (χ0) is 33.2. The Bertz CT molecular complexity index is 1800. The number of piperazine rings is 1. The Labute approximate surface area is 272 Å². The van der Waals surface area contributed by atoms with E-state index in [1.807, 2.05) is 20.8 Å². The molecular formula is C32H33ClF5N5O2S. The molecule has 2 unspecified atom stereocenters. The molecule has 0 bridgehead atoms. The van der Waals surface area contributed by atoms with Gasteiger partial charge >= 0.3 is 11.9 Å². The van der Waals surface area contributed by atoms with Crippen LogP contribution in [0.15, 0.2) is 40.5 Å². The number of hydrogen-bond acceptors (Lipinski definition) is 6. The lowest BCUT2D eigenvalue weighted by Crippen LogP contribution is -2.58. The average molecular weight is 682 g/mol. The van der Waals surface area contributed by atoms with Crippen LogP contribution in [0.2, 0.25) is 5.02 Å². The lowest BCUT2D eigenvalue weighted by molar-refractivity contribution is -0.137. The Morgan fingerprint density at radius 1 is 1.13 bits per heavy atom. The molecule has 4 heterocycles. The van der Waals surface area contributed by atoms with Crippen molar-refractivity contribution < 1.29 is 26.7 Å². The minimum atomic E-state index is -4.96. The number of anilines is 1. The van der Waals surface area contributed by atoms with E-state index >= 15 is 17.6 Å². The lowest BCUT2D eigenvalue weighted by atomic mass is 9.90. The summed E-state index contributed by atoms with van der Waals surface area (Å²) in [6, 6.07) is 1.62. The van der Waals surface area contributed by atoms with Crippen molar-refractivity contribution in [1.29, 1.82) is 0 Å². The second kappa shape index (κ2) is 12.1. The molecule has 3 aliphatic heterocycles. The first-order valence-electron chi connectivity index (χ1n) is 15.1. The maximum atomic E-state index is 15.5. The molecule has 6 rings (SSSR count). The molecule has 3 aromatic rings. The van der Waals surface area contributed by atoms with Gasteiger partial charge in [0.2, 0.25) is 5.91 Å². The zero-order valence-electron chi connectivity index (χ0n) is 25.5. The number of carbonyl (C=O) groups is 1. The third-order valence-corrected chi connectivity index (χ3v) is 11.1. The molecule has 1 aromatic heterocycles. The third kappa shape index (κ3) is 5.47. The van der Waals surface area contributed by atoms with Crippen molar-refractivity contribution >= 4 is 46.0 Å². The number of alkyl halides is 3. The number of nitrogens with zero attached hydrogens (tertiary/aromatic N) is 5. The van der Waals surface area contributed by atoms with Gasteiger partial charge < -0.3 is 14.7 Å². The van der Waals surface area contributed by atoms with Gasteiger partial charge in [-0.25, -0.2) is 13.6 Å². The SMILES string of the molecule is C=CC(=O)N1C[C@H](C)N(c2nc(=O)n3c4c(c(-c5cc(Cl)c(F)cc5F)c(C(F)(F)F)cc24)SCC(C2CCN2CC)C3)C[C@H]1C. The van der Waals surface area contributed by atoms with Gasteiger partial charge in [0.1, 0.15) is 17.5 Å². The summed E-state index contributed by atoms with van der Waals surface area (Å²) in [6.45, 7) is 11.5. The highest BCUT2D eigenvalue weighted by Crippen LogP contribution is 2.50. The van der Waals surface area contributed by atoms with Crippen molar-refractivity contribution in [2.75, 3.05) is 36.8 Å². The van der Waals surface area contributed by atoms with Crippen molar-refractivity contribution in [3.63, 3.8) is 0 Å². The monoisotopic (exact) mass is 681 g/mol. The summed E-state index contributed by atoms with van der Waals surface area (Å²) in [7, 11) is 0. The second-order valence-electron chi connectivity index (χ2n) is 12.2. The number of rotatable bonds is 5. The Hall–Kier alpha value is -3.16. The van der Waals surface area contributed by atoms with Crippen LogP contribution in [0.3, 0.4) is 0 Å². The molecule has 4 atom stereocenters. The molecule has 2 saturated heterocycles. The summed E-state index contributed by atoms with van der Waals surface area (Å²) in [4.78, 5) is 36.6. The second-order valence-corrected chi connectivity index (χ2v) is 13.6. The summed E-state index contributed by atoms with van der Waals surface area (Å²) in [6.07, 6.45) is -2.87. The van der Waals surface area contributed by atoms with Gasteiger partial charge in [-0.15, -0.1) is 11.8 Å². The normalized spacial score (nSPS) is 23.8. The van der Waals surface area contributed by atoms with Gasteiger partial charge in [0.05, 0.1) is 16.1 Å². The molecule has 0 saturated carbocycles. The van der Waals surface area contributed by atoms with E-state index in [2.05, 4.69) is 16.5 Å². The molecular weight excluding hydrogens is 649 g/mol. The Kier molecular flexibility index (Phi) is 8.64. The maximum Gasteiger partial charge on any atom is 0.417 e. The first-order chi connectivity index (χ1) is 21.7. The van der Waals surface area contributed by atoms with E-state index in [1.54, 1.807) is 9.80 Å². The van der Waals surface area contributed by atoms with E-state index in [1.165, 1.54) is 10.6 Å². The van der Waals surface area contributed by atoms with Gasteiger partial charge in [-0.2, -0.15) is 18.2 Å². The topological polar surface area (TPSA) is 61.7 Å². The standard InChI is InChI=1S/C32H33ClF5N5O2S/c1-5-26(44)41-12-17(4)42(13-16(41)3)30-20-9-21(32(36,37)38)27(19-10-22(33)24(35)11-23(19)34)29-28(20)43(31(45)39-30)14-18(15-46-29)25-7-8-40(25)6-2/h5,9-11,16-18,25H,1,6-8,12-15H2,2-4H3/t16-,17+,18?,25?/m1/s1. The number of halogens is 6. The zero-order valence-corrected chi connectivity index (χ0v) is 27.1. The fourth-order valence-electron chi connectivity index (χ4n) is 7.07. The summed E-state index contributed by atoms with van der Waals surface area (Å²) in [5, 5.41) is -0.431. The molecule has 14 heteroatoms. The van der Waals surface area contributed by atoms with Gasteiger partial charge in [0.15, 0.2) is 0 Å². The number of aromatic nitrogens is 2. The fraction of sp³-hybridized carbons (Fsp3) is 0.469. The van der Waals surface area contributed by atoms with Crippen molar-refractivity contribution in [2.24, 2.45) is 5.92 Å². The van der Waals surface area contributed by atoms with Gasteiger partial charge in [0.25, 0.3) is 0 Å². The van der Waals surface area contributed by atoms with Crippen LogP contribution in [-0.4, -0.2) is 75.3 Å². The molecule has 2 fully saturated rings. The predicted molar refractivity (Wildman–Crippen MR) is 169 cm³/mol. The molecule has 0 N–H and O–H groups in total. The number of likely N-dealkylation sites (tertiary alicyclic amines) is 1. The van der Waals surface area contributed by atoms with Crippen LogP contribution in [0.5, 0.6) is 0 Å². The van der Waals surface area contributed by atoms with Gasteiger partial charge in [-0.1, -0.05) is 25.1 Å². The van der Waals surface area contributed by atoms with E-state index in [-0.39, 0.29) is 65.2 Å². The summed E-state index contributed by atoms with van der Waals surface area (Å²) >= 11 is 7.14. The minimum Gasteiger partial charge on any atom is -0.349 e. The molecule has 7 nitrogen and oxygen atoms in total. The number of hydrogen-bond donors (Lipinski definition) is 0. The highest BCUT2D eigenvalue weighted by Gasteiger charge is 2.42. The molecule has 0 radical (unpaired) electrons. The van der Waals surface area contributed by atoms with Crippen LogP contribution in [0.25, 0.3) is 22.0 Å². The van der Waals surface area contributed by atoms with Crippen molar-refractivity contribution in [3.8, 4) is 11.1 Å². The van der Waals surface area contributed by atoms with Crippen LogP contribution in [0, 0.1) is 17.6 Å². The molecule has 1 amide bonds. The van der Waals surface area contributed by atoms with E-state index in [9.17, 15) is 14.0 Å².